The first-order chi connectivity index (χ1) is 9.77. The molecule has 5 nitrogen and oxygen atoms in total. The third kappa shape index (κ3) is 3.63. The van der Waals surface area contributed by atoms with E-state index in [1.807, 2.05) is 5.32 Å². The molecule has 1 heterocycles. The maximum atomic E-state index is 12.5. The van der Waals surface area contributed by atoms with E-state index in [1.54, 1.807) is 19.1 Å². The summed E-state index contributed by atoms with van der Waals surface area (Å²) < 4.78 is 25.1. The Kier molecular flexibility index (Phi) is 4.04. The van der Waals surface area contributed by atoms with Crippen molar-refractivity contribution in [2.75, 3.05) is 5.32 Å². The van der Waals surface area contributed by atoms with Gasteiger partial charge in [0, 0.05) is 17.3 Å². The average Bonchev–Trinajstić information content (AvgIpc) is 2.39. The van der Waals surface area contributed by atoms with Crippen LogP contribution in [0.2, 0.25) is 0 Å². The molecule has 0 radical (unpaired) electrons. The molecule has 0 unspecified atom stereocenters. The number of carbonyl (C=O) groups excluding carboxylic acids is 1. The fourth-order valence-electron chi connectivity index (χ4n) is 1.70. The lowest BCUT2D eigenvalue weighted by Gasteiger charge is -2.10. The largest absolute Gasteiger partial charge is 0.400 e. The Bertz CT molecular complexity index is 723. The van der Waals surface area contributed by atoms with Crippen LogP contribution >= 0.6 is 11.6 Å². The standard InChI is InChI=1S/C13H10ClF2N3O2/c1-7-6-10(20)18-19-11(7)8-2-4-9(5-3-8)17-12(21)13(14,15)16/h2-6H,1H3,(H,17,21)(H,18,20). The molecule has 0 bridgehead atoms. The summed E-state index contributed by atoms with van der Waals surface area (Å²) in [4.78, 5) is 22.1. The summed E-state index contributed by atoms with van der Waals surface area (Å²) in [5, 5.41) is 4.25. The Morgan fingerprint density at radius 1 is 1.33 bits per heavy atom. The van der Waals surface area contributed by atoms with E-state index in [0.29, 0.717) is 16.8 Å². The number of hydrogen-bond donors (Lipinski definition) is 2. The lowest BCUT2D eigenvalue weighted by atomic mass is 10.1. The van der Waals surface area contributed by atoms with Gasteiger partial charge in [0.1, 0.15) is 0 Å². The van der Waals surface area contributed by atoms with Crippen LogP contribution in [0.25, 0.3) is 11.3 Å². The molecule has 2 aromatic rings. The number of nitrogens with one attached hydrogen (secondary N) is 2. The van der Waals surface area contributed by atoms with Crippen molar-refractivity contribution in [3.63, 3.8) is 0 Å². The smallest absolute Gasteiger partial charge is 0.320 e. The molecular formula is C13H10ClF2N3O2. The zero-order valence-corrected chi connectivity index (χ0v) is 11.5. The third-order valence-electron chi connectivity index (χ3n) is 2.67. The van der Waals surface area contributed by atoms with Crippen molar-refractivity contribution in [1.29, 1.82) is 0 Å². The number of aromatic nitrogens is 2. The van der Waals surface area contributed by atoms with Gasteiger partial charge in [0.25, 0.3) is 5.56 Å². The van der Waals surface area contributed by atoms with Crippen LogP contribution in [0, 0.1) is 6.92 Å². The minimum atomic E-state index is -3.96. The van der Waals surface area contributed by atoms with Gasteiger partial charge in [-0.3, -0.25) is 9.59 Å². The topological polar surface area (TPSA) is 74.8 Å². The molecule has 0 aliphatic carbocycles. The normalized spacial score (nSPS) is 11.2. The number of anilines is 1. The Labute approximate surface area is 122 Å². The molecule has 0 spiro atoms. The fraction of sp³-hybridized carbons (Fsp3) is 0.154. The molecule has 21 heavy (non-hydrogen) atoms. The summed E-state index contributed by atoms with van der Waals surface area (Å²) in [6.45, 7) is 1.72. The van der Waals surface area contributed by atoms with Crippen molar-refractivity contribution in [2.24, 2.45) is 0 Å². The second-order valence-electron chi connectivity index (χ2n) is 4.29. The highest BCUT2D eigenvalue weighted by Crippen LogP contribution is 2.24. The van der Waals surface area contributed by atoms with Gasteiger partial charge in [0.05, 0.1) is 5.69 Å². The van der Waals surface area contributed by atoms with E-state index in [4.69, 9.17) is 0 Å². The lowest BCUT2D eigenvalue weighted by molar-refractivity contribution is -0.130. The van der Waals surface area contributed by atoms with Gasteiger partial charge in [-0.25, -0.2) is 5.10 Å². The molecule has 0 aliphatic heterocycles. The molecular weight excluding hydrogens is 304 g/mol. The first-order valence-corrected chi connectivity index (χ1v) is 6.20. The molecule has 0 saturated heterocycles. The van der Waals surface area contributed by atoms with Crippen molar-refractivity contribution in [3.8, 4) is 11.3 Å². The van der Waals surface area contributed by atoms with E-state index in [0.717, 1.165) is 0 Å². The molecule has 1 amide bonds. The number of H-pyrrole nitrogens is 1. The number of aryl methyl sites for hydroxylation is 1. The van der Waals surface area contributed by atoms with E-state index in [-0.39, 0.29) is 11.2 Å². The Morgan fingerprint density at radius 2 is 1.95 bits per heavy atom. The molecule has 2 rings (SSSR count). The van der Waals surface area contributed by atoms with Crippen LogP contribution in [0.1, 0.15) is 5.56 Å². The highest BCUT2D eigenvalue weighted by Gasteiger charge is 2.35. The Balaban J connectivity index is 2.23. The predicted octanol–water partition coefficient (Wildman–Crippen LogP) is 2.52. The number of rotatable bonds is 3. The summed E-state index contributed by atoms with van der Waals surface area (Å²) >= 11 is 4.61. The number of aromatic amines is 1. The number of alkyl halides is 3. The number of carbonyl (C=O) groups is 1. The van der Waals surface area contributed by atoms with Gasteiger partial charge in [0.2, 0.25) is 0 Å². The van der Waals surface area contributed by atoms with Gasteiger partial charge in [-0.05, 0) is 36.2 Å². The summed E-state index contributed by atoms with van der Waals surface area (Å²) in [6.07, 6.45) is 0. The van der Waals surface area contributed by atoms with Crippen LogP contribution in [-0.2, 0) is 4.79 Å². The Hall–Kier alpha value is -2.28. The quantitative estimate of drug-likeness (QED) is 0.855. The maximum Gasteiger partial charge on any atom is 0.400 e. The minimum absolute atomic E-state index is 0.172. The van der Waals surface area contributed by atoms with Crippen LogP contribution in [0.3, 0.4) is 0 Å². The van der Waals surface area contributed by atoms with E-state index < -0.39 is 11.3 Å². The fourth-order valence-corrected chi connectivity index (χ4v) is 1.75. The van der Waals surface area contributed by atoms with E-state index >= 15 is 0 Å². The summed E-state index contributed by atoms with van der Waals surface area (Å²) in [7, 11) is 0. The van der Waals surface area contributed by atoms with Gasteiger partial charge >= 0.3 is 11.3 Å². The van der Waals surface area contributed by atoms with E-state index in [2.05, 4.69) is 21.8 Å². The van der Waals surface area contributed by atoms with Crippen LogP contribution in [-0.4, -0.2) is 21.5 Å². The van der Waals surface area contributed by atoms with Crippen LogP contribution in [0.5, 0.6) is 0 Å². The first kappa shape index (κ1) is 15.1. The molecule has 1 aromatic heterocycles. The van der Waals surface area contributed by atoms with Crippen LogP contribution in [0.15, 0.2) is 35.1 Å². The number of benzene rings is 1. The summed E-state index contributed by atoms with van der Waals surface area (Å²) in [5.74, 6) is -1.60. The monoisotopic (exact) mass is 313 g/mol. The molecule has 110 valence electrons. The minimum Gasteiger partial charge on any atom is -0.320 e. The van der Waals surface area contributed by atoms with E-state index in [1.165, 1.54) is 18.2 Å². The van der Waals surface area contributed by atoms with Crippen LogP contribution < -0.4 is 10.9 Å². The summed E-state index contributed by atoms with van der Waals surface area (Å²) in [6, 6.07) is 7.42. The number of halogens is 3. The van der Waals surface area contributed by atoms with Crippen molar-refractivity contribution in [1.82, 2.24) is 10.2 Å². The number of nitrogens with zero attached hydrogens (tertiary/aromatic N) is 1. The molecule has 0 fully saturated rings. The second kappa shape index (κ2) is 5.61. The van der Waals surface area contributed by atoms with Gasteiger partial charge in [-0.15, -0.1) is 0 Å². The van der Waals surface area contributed by atoms with Gasteiger partial charge in [0.15, 0.2) is 0 Å². The Morgan fingerprint density at radius 3 is 2.48 bits per heavy atom. The van der Waals surface area contributed by atoms with Gasteiger partial charge in [-0.1, -0.05) is 12.1 Å². The average molecular weight is 314 g/mol. The highest BCUT2D eigenvalue weighted by atomic mass is 35.5. The highest BCUT2D eigenvalue weighted by molar-refractivity contribution is 6.33. The summed E-state index contributed by atoms with van der Waals surface area (Å²) in [5.41, 5.74) is 1.74. The van der Waals surface area contributed by atoms with Crippen molar-refractivity contribution in [3.05, 3.63) is 46.2 Å². The zero-order chi connectivity index (χ0) is 15.6. The molecule has 2 N–H and O–H groups in total. The van der Waals surface area contributed by atoms with Crippen molar-refractivity contribution < 1.29 is 13.6 Å². The van der Waals surface area contributed by atoms with Gasteiger partial charge < -0.3 is 5.32 Å². The predicted molar refractivity (Wildman–Crippen MR) is 74.5 cm³/mol. The molecule has 1 aromatic carbocycles. The maximum absolute atomic E-state index is 12.5. The number of hydrogen-bond acceptors (Lipinski definition) is 3. The van der Waals surface area contributed by atoms with Crippen LogP contribution in [0.4, 0.5) is 14.5 Å². The lowest BCUT2D eigenvalue weighted by Crippen LogP contribution is -2.28. The second-order valence-corrected chi connectivity index (χ2v) is 4.77. The molecule has 0 aliphatic rings. The van der Waals surface area contributed by atoms with Gasteiger partial charge in [-0.2, -0.15) is 13.9 Å². The SMILES string of the molecule is Cc1cc(=O)[nH]nc1-c1ccc(NC(=O)C(F)(F)Cl)cc1. The number of amides is 1. The molecule has 8 heteroatoms. The molecule has 0 atom stereocenters. The first-order valence-electron chi connectivity index (χ1n) is 5.82. The van der Waals surface area contributed by atoms with Crippen molar-refractivity contribution >= 4 is 23.2 Å². The third-order valence-corrected chi connectivity index (χ3v) is 2.84. The van der Waals surface area contributed by atoms with E-state index in [9.17, 15) is 18.4 Å². The zero-order valence-electron chi connectivity index (χ0n) is 10.8. The molecule has 0 saturated carbocycles. The van der Waals surface area contributed by atoms with Crippen molar-refractivity contribution in [2.45, 2.75) is 12.3 Å².